The number of fused-ring (bicyclic) bond motifs is 2. The summed E-state index contributed by atoms with van der Waals surface area (Å²) in [6.07, 6.45) is 1.29. The van der Waals surface area contributed by atoms with Crippen molar-refractivity contribution in [1.29, 1.82) is 10.8 Å². The molecule has 2 aliphatic heterocycles. The number of rotatable bonds is 2. The Bertz CT molecular complexity index is 1410. The number of aromatic nitrogens is 2. The number of hydrogen-bond acceptors (Lipinski definition) is 6. The van der Waals surface area contributed by atoms with Crippen molar-refractivity contribution < 1.29 is 14.6 Å². The van der Waals surface area contributed by atoms with Gasteiger partial charge in [-0.3, -0.25) is 25.0 Å². The Morgan fingerprint density at radius 1 is 1.21 bits per heavy atom. The summed E-state index contributed by atoms with van der Waals surface area (Å²) in [6.45, 7) is 3.58. The number of aromatic hydroxyl groups is 1. The number of phenols is 1. The Hall–Kier alpha value is -3.72. The Balaban J connectivity index is 1.59. The van der Waals surface area contributed by atoms with Crippen LogP contribution in [-0.4, -0.2) is 44.5 Å². The maximum atomic E-state index is 13.5. The monoisotopic (exact) mass is 447 g/mol. The largest absolute Gasteiger partial charge is 0.508 e. The zero-order valence-corrected chi connectivity index (χ0v) is 18.3. The molecule has 0 spiro atoms. The lowest BCUT2D eigenvalue weighted by Crippen LogP contribution is -2.43. The number of ether oxygens (including phenoxy) is 1. The second kappa shape index (κ2) is 8.00. The van der Waals surface area contributed by atoms with Crippen LogP contribution in [0.1, 0.15) is 39.9 Å². The van der Waals surface area contributed by atoms with Crippen LogP contribution < -0.4 is 11.0 Å². The molecule has 0 radical (unpaired) electrons. The predicted molar refractivity (Wildman–Crippen MR) is 122 cm³/mol. The highest BCUT2D eigenvalue weighted by molar-refractivity contribution is 6.01. The number of aromatic amines is 1. The average molecular weight is 447 g/mol. The minimum absolute atomic E-state index is 0.130. The topological polar surface area (TPSA) is 135 Å². The highest BCUT2D eigenvalue weighted by atomic mass is 16.5. The van der Waals surface area contributed by atoms with Gasteiger partial charge in [0.25, 0.3) is 11.5 Å². The van der Waals surface area contributed by atoms with Gasteiger partial charge in [-0.25, -0.2) is 0 Å². The lowest BCUT2D eigenvalue weighted by molar-refractivity contribution is 0.0750. The zero-order chi connectivity index (χ0) is 23.3. The van der Waals surface area contributed by atoms with E-state index in [4.69, 9.17) is 15.6 Å². The standard InChI is InChI=1S/C24H25N5O4/c1-13-9-18-19(29(22(26)23(31)27-18)21(25)14-5-7-33-8-6-14)10-16(13)24(32)28-11-15-3-2-4-20(30)17(15)12-28/h2-4,9-10,14,25-26,30H,5-8,11-12H2,1H3,(H,27,31). The summed E-state index contributed by atoms with van der Waals surface area (Å²) < 4.78 is 6.75. The maximum absolute atomic E-state index is 13.5. The van der Waals surface area contributed by atoms with Crippen molar-refractivity contribution in [1.82, 2.24) is 14.5 Å². The van der Waals surface area contributed by atoms with E-state index >= 15 is 0 Å². The number of nitrogens with zero attached hydrogens (tertiary/aromatic N) is 2. The molecule has 0 atom stereocenters. The van der Waals surface area contributed by atoms with Gasteiger partial charge in [-0.05, 0) is 49.1 Å². The minimum atomic E-state index is -0.580. The van der Waals surface area contributed by atoms with Crippen LogP contribution in [0.4, 0.5) is 0 Å². The number of phenolic OH excluding ortho intramolecular Hbond substituents is 1. The highest BCUT2D eigenvalue weighted by Crippen LogP contribution is 2.31. The second-order valence-corrected chi connectivity index (χ2v) is 8.67. The molecule has 0 aliphatic carbocycles. The van der Waals surface area contributed by atoms with Crippen LogP contribution in [0.5, 0.6) is 5.75 Å². The van der Waals surface area contributed by atoms with E-state index in [1.807, 2.05) is 6.07 Å². The molecule has 1 aromatic heterocycles. The molecule has 170 valence electrons. The zero-order valence-electron chi connectivity index (χ0n) is 18.3. The summed E-state index contributed by atoms with van der Waals surface area (Å²) in [4.78, 5) is 30.3. The van der Waals surface area contributed by atoms with E-state index < -0.39 is 5.56 Å². The van der Waals surface area contributed by atoms with Crippen molar-refractivity contribution >= 4 is 22.8 Å². The molecule has 4 N–H and O–H groups in total. The van der Waals surface area contributed by atoms with Gasteiger partial charge < -0.3 is 19.7 Å². The van der Waals surface area contributed by atoms with Crippen LogP contribution in [0.15, 0.2) is 35.1 Å². The van der Waals surface area contributed by atoms with Gasteiger partial charge in [0.2, 0.25) is 0 Å². The summed E-state index contributed by atoms with van der Waals surface area (Å²) >= 11 is 0. The van der Waals surface area contributed by atoms with Crippen LogP contribution in [-0.2, 0) is 17.8 Å². The van der Waals surface area contributed by atoms with Gasteiger partial charge in [0.05, 0.1) is 17.6 Å². The maximum Gasteiger partial charge on any atom is 0.291 e. The number of H-pyrrole nitrogens is 1. The molecule has 2 aliphatic rings. The lowest BCUT2D eigenvalue weighted by atomic mass is 9.98. The fourth-order valence-corrected chi connectivity index (χ4v) is 4.74. The Labute approximate surface area is 189 Å². The third kappa shape index (κ3) is 3.54. The smallest absolute Gasteiger partial charge is 0.291 e. The molecule has 2 aromatic carbocycles. The lowest BCUT2D eigenvalue weighted by Gasteiger charge is -2.25. The molecule has 9 heteroatoms. The molecule has 9 nitrogen and oxygen atoms in total. The summed E-state index contributed by atoms with van der Waals surface area (Å²) in [7, 11) is 0. The number of nitrogens with one attached hydrogen (secondary N) is 3. The number of benzene rings is 2. The fraction of sp³-hybridized carbons (Fsp3) is 0.333. The molecular formula is C24H25N5O4. The third-order valence-electron chi connectivity index (χ3n) is 6.60. The molecular weight excluding hydrogens is 422 g/mol. The third-order valence-corrected chi connectivity index (χ3v) is 6.60. The molecule has 1 saturated heterocycles. The second-order valence-electron chi connectivity index (χ2n) is 8.67. The first-order chi connectivity index (χ1) is 15.8. The van der Waals surface area contributed by atoms with Crippen LogP contribution in [0.25, 0.3) is 11.0 Å². The molecule has 3 aromatic rings. The van der Waals surface area contributed by atoms with Gasteiger partial charge in [0, 0.05) is 36.8 Å². The Kier molecular flexibility index (Phi) is 5.13. The average Bonchev–Trinajstić information content (AvgIpc) is 3.25. The van der Waals surface area contributed by atoms with Crippen LogP contribution in [0, 0.1) is 23.7 Å². The molecule has 1 amide bonds. The van der Waals surface area contributed by atoms with Gasteiger partial charge in [-0.1, -0.05) is 12.1 Å². The number of carbonyl (C=O) groups is 1. The molecule has 0 unspecified atom stereocenters. The predicted octanol–water partition coefficient (Wildman–Crippen LogP) is 2.23. The Morgan fingerprint density at radius 3 is 2.70 bits per heavy atom. The van der Waals surface area contributed by atoms with E-state index in [-0.39, 0.29) is 28.9 Å². The first-order valence-corrected chi connectivity index (χ1v) is 10.9. The number of carbonyl (C=O) groups excluding carboxylic acids is 1. The van der Waals surface area contributed by atoms with Crippen molar-refractivity contribution in [2.24, 2.45) is 5.92 Å². The van der Waals surface area contributed by atoms with E-state index in [1.54, 1.807) is 36.1 Å². The van der Waals surface area contributed by atoms with E-state index in [2.05, 4.69) is 4.98 Å². The first kappa shape index (κ1) is 21.1. The van der Waals surface area contributed by atoms with Crippen LogP contribution in [0.2, 0.25) is 0 Å². The Morgan fingerprint density at radius 2 is 1.97 bits per heavy atom. The molecule has 33 heavy (non-hydrogen) atoms. The van der Waals surface area contributed by atoms with Crippen molar-refractivity contribution in [2.75, 3.05) is 13.2 Å². The number of amides is 1. The van der Waals surface area contributed by atoms with E-state index in [9.17, 15) is 14.7 Å². The van der Waals surface area contributed by atoms with Gasteiger partial charge in [-0.2, -0.15) is 0 Å². The highest BCUT2D eigenvalue weighted by Gasteiger charge is 2.28. The van der Waals surface area contributed by atoms with Crippen molar-refractivity contribution in [3.05, 3.63) is 68.4 Å². The SMILES string of the molecule is Cc1cc2[nH]c(=O)c(=N)n(C(=N)C3CCOCC3)c2cc1C(=O)N1Cc2cccc(O)c2C1. The molecule has 5 rings (SSSR count). The minimum Gasteiger partial charge on any atom is -0.508 e. The molecule has 1 fully saturated rings. The van der Waals surface area contributed by atoms with Gasteiger partial charge in [0.1, 0.15) is 11.6 Å². The van der Waals surface area contributed by atoms with E-state index in [1.165, 1.54) is 4.57 Å². The fourth-order valence-electron chi connectivity index (χ4n) is 4.74. The van der Waals surface area contributed by atoms with Gasteiger partial charge in [-0.15, -0.1) is 0 Å². The summed E-state index contributed by atoms with van der Waals surface area (Å²) in [5.74, 6) is 0.0126. The summed E-state index contributed by atoms with van der Waals surface area (Å²) in [6, 6.07) is 8.66. The molecule has 3 heterocycles. The normalized spacial score (nSPS) is 16.2. The number of hydrogen-bond donors (Lipinski definition) is 4. The summed E-state index contributed by atoms with van der Waals surface area (Å²) in [5.41, 5.74) is 2.80. The number of aryl methyl sites for hydroxylation is 1. The van der Waals surface area contributed by atoms with E-state index in [0.717, 1.165) is 11.1 Å². The molecule has 0 bridgehead atoms. The first-order valence-electron chi connectivity index (χ1n) is 10.9. The van der Waals surface area contributed by atoms with Gasteiger partial charge >= 0.3 is 0 Å². The molecule has 0 saturated carbocycles. The van der Waals surface area contributed by atoms with Crippen LogP contribution in [0.3, 0.4) is 0 Å². The van der Waals surface area contributed by atoms with Crippen molar-refractivity contribution in [2.45, 2.75) is 32.9 Å². The summed E-state index contributed by atoms with van der Waals surface area (Å²) in [5, 5.41) is 27.3. The van der Waals surface area contributed by atoms with E-state index in [0.29, 0.717) is 61.3 Å². The van der Waals surface area contributed by atoms with Crippen molar-refractivity contribution in [3.8, 4) is 5.75 Å². The van der Waals surface area contributed by atoms with Crippen LogP contribution >= 0.6 is 0 Å². The van der Waals surface area contributed by atoms with Crippen molar-refractivity contribution in [3.63, 3.8) is 0 Å². The quantitative estimate of drug-likeness (QED) is 0.354. The van der Waals surface area contributed by atoms with Gasteiger partial charge in [0.15, 0.2) is 5.49 Å².